The standard InChI is InChI=1S/C11H22N2O4/c1-11(2,17)8-13(3)10(16)12-7-5-4-6-9(14)15/h17H,4-8H2,1-3H3,(H,12,16)(H,14,15). The monoisotopic (exact) mass is 246 g/mol. The number of aliphatic carboxylic acids is 1. The summed E-state index contributed by atoms with van der Waals surface area (Å²) in [7, 11) is 1.60. The van der Waals surface area contributed by atoms with Crippen LogP contribution >= 0.6 is 0 Å². The summed E-state index contributed by atoms with van der Waals surface area (Å²) < 4.78 is 0. The highest BCUT2D eigenvalue weighted by Gasteiger charge is 2.18. The number of carboxylic acid groups (broad SMARTS) is 1. The number of carbonyl (C=O) groups excluding carboxylic acids is 1. The summed E-state index contributed by atoms with van der Waals surface area (Å²) >= 11 is 0. The topological polar surface area (TPSA) is 89.9 Å². The van der Waals surface area contributed by atoms with Crippen molar-refractivity contribution in [3.8, 4) is 0 Å². The molecule has 0 fully saturated rings. The van der Waals surface area contributed by atoms with Crippen LogP contribution in [0.5, 0.6) is 0 Å². The number of hydrogen-bond donors (Lipinski definition) is 3. The van der Waals surface area contributed by atoms with Gasteiger partial charge in [-0.2, -0.15) is 0 Å². The Bertz CT molecular complexity index is 261. The SMILES string of the molecule is CN(CC(C)(C)O)C(=O)NCCCCC(=O)O. The number of aliphatic hydroxyl groups is 1. The highest BCUT2D eigenvalue weighted by molar-refractivity contribution is 5.73. The lowest BCUT2D eigenvalue weighted by Crippen LogP contribution is -2.44. The number of rotatable bonds is 7. The molecule has 6 nitrogen and oxygen atoms in total. The van der Waals surface area contributed by atoms with Crippen molar-refractivity contribution >= 4 is 12.0 Å². The van der Waals surface area contributed by atoms with Crippen LogP contribution in [0, 0.1) is 0 Å². The molecule has 0 rings (SSSR count). The fourth-order valence-corrected chi connectivity index (χ4v) is 1.38. The van der Waals surface area contributed by atoms with Gasteiger partial charge >= 0.3 is 12.0 Å². The van der Waals surface area contributed by atoms with E-state index in [0.717, 1.165) is 0 Å². The summed E-state index contributed by atoms with van der Waals surface area (Å²) in [5.74, 6) is -0.824. The van der Waals surface area contributed by atoms with Crippen molar-refractivity contribution in [1.82, 2.24) is 10.2 Å². The van der Waals surface area contributed by atoms with Crippen LogP contribution in [-0.4, -0.2) is 52.9 Å². The summed E-state index contributed by atoms with van der Waals surface area (Å²) in [5.41, 5.74) is -0.921. The molecule has 3 N–H and O–H groups in total. The third kappa shape index (κ3) is 9.62. The average Bonchev–Trinajstić information content (AvgIpc) is 2.13. The Hall–Kier alpha value is -1.30. The number of carbonyl (C=O) groups is 2. The van der Waals surface area contributed by atoms with E-state index in [0.29, 0.717) is 19.4 Å². The second kappa shape index (κ2) is 7.11. The van der Waals surface area contributed by atoms with Crippen molar-refractivity contribution in [2.75, 3.05) is 20.1 Å². The fraction of sp³-hybridized carbons (Fsp3) is 0.818. The van der Waals surface area contributed by atoms with E-state index in [9.17, 15) is 14.7 Å². The van der Waals surface area contributed by atoms with Crippen molar-refractivity contribution in [2.24, 2.45) is 0 Å². The van der Waals surface area contributed by atoms with Crippen LogP contribution in [0.2, 0.25) is 0 Å². The summed E-state index contributed by atoms with van der Waals surface area (Å²) in [6.45, 7) is 3.95. The molecule has 2 amide bonds. The lowest BCUT2D eigenvalue weighted by atomic mass is 10.1. The molecule has 0 aromatic carbocycles. The number of unbranched alkanes of at least 4 members (excludes halogenated alkanes) is 1. The van der Waals surface area contributed by atoms with Gasteiger partial charge in [0.15, 0.2) is 0 Å². The fourth-order valence-electron chi connectivity index (χ4n) is 1.38. The lowest BCUT2D eigenvalue weighted by molar-refractivity contribution is -0.137. The summed E-state index contributed by atoms with van der Waals surface area (Å²) in [6.07, 6.45) is 1.30. The van der Waals surface area contributed by atoms with Crippen molar-refractivity contribution in [1.29, 1.82) is 0 Å². The molecular formula is C11H22N2O4. The van der Waals surface area contributed by atoms with E-state index >= 15 is 0 Å². The number of amides is 2. The second-order valence-electron chi connectivity index (χ2n) is 4.75. The minimum absolute atomic E-state index is 0.120. The molecule has 0 atom stereocenters. The van der Waals surface area contributed by atoms with E-state index in [4.69, 9.17) is 5.11 Å². The van der Waals surface area contributed by atoms with Gasteiger partial charge in [0.2, 0.25) is 0 Å². The first-order chi connectivity index (χ1) is 7.72. The zero-order valence-electron chi connectivity index (χ0n) is 10.7. The van der Waals surface area contributed by atoms with Crippen molar-refractivity contribution in [2.45, 2.75) is 38.7 Å². The van der Waals surface area contributed by atoms with Gasteiger partial charge < -0.3 is 20.4 Å². The van der Waals surface area contributed by atoms with Gasteiger partial charge in [-0.05, 0) is 26.7 Å². The van der Waals surface area contributed by atoms with Gasteiger partial charge in [-0.3, -0.25) is 4.79 Å². The summed E-state index contributed by atoms with van der Waals surface area (Å²) in [4.78, 5) is 23.1. The van der Waals surface area contributed by atoms with Crippen LogP contribution < -0.4 is 5.32 Å². The molecule has 0 saturated heterocycles. The quantitative estimate of drug-likeness (QED) is 0.575. The molecule has 0 saturated carbocycles. The van der Waals surface area contributed by atoms with E-state index in [-0.39, 0.29) is 19.0 Å². The normalized spacial score (nSPS) is 11.1. The van der Waals surface area contributed by atoms with Crippen LogP contribution in [0.25, 0.3) is 0 Å². The van der Waals surface area contributed by atoms with Gasteiger partial charge in [0, 0.05) is 20.0 Å². The van der Waals surface area contributed by atoms with Gasteiger partial charge in [0.1, 0.15) is 0 Å². The van der Waals surface area contributed by atoms with Gasteiger partial charge in [0.25, 0.3) is 0 Å². The molecule has 0 aromatic rings. The molecule has 0 radical (unpaired) electrons. The zero-order valence-corrected chi connectivity index (χ0v) is 10.7. The summed E-state index contributed by atoms with van der Waals surface area (Å²) in [5, 5.41) is 20.6. The van der Waals surface area contributed by atoms with Crippen molar-refractivity contribution in [3.05, 3.63) is 0 Å². The first kappa shape index (κ1) is 15.7. The Morgan fingerprint density at radius 3 is 2.35 bits per heavy atom. The number of urea groups is 1. The van der Waals surface area contributed by atoms with Crippen LogP contribution in [-0.2, 0) is 4.79 Å². The van der Waals surface area contributed by atoms with Crippen molar-refractivity contribution < 1.29 is 19.8 Å². The number of nitrogens with zero attached hydrogens (tertiary/aromatic N) is 1. The average molecular weight is 246 g/mol. The molecule has 0 aliphatic carbocycles. The minimum atomic E-state index is -0.921. The molecule has 0 unspecified atom stereocenters. The molecule has 6 heteroatoms. The largest absolute Gasteiger partial charge is 0.481 e. The van der Waals surface area contributed by atoms with E-state index in [1.807, 2.05) is 0 Å². The highest BCUT2D eigenvalue weighted by Crippen LogP contribution is 2.03. The first-order valence-corrected chi connectivity index (χ1v) is 5.65. The summed E-state index contributed by atoms with van der Waals surface area (Å²) in [6, 6.07) is -0.262. The van der Waals surface area contributed by atoms with Gasteiger partial charge in [0.05, 0.1) is 12.1 Å². The highest BCUT2D eigenvalue weighted by atomic mass is 16.4. The number of carboxylic acids is 1. The predicted octanol–water partition coefficient (Wildman–Crippen LogP) is 0.654. The van der Waals surface area contributed by atoms with E-state index in [1.54, 1.807) is 20.9 Å². The Morgan fingerprint density at radius 2 is 1.88 bits per heavy atom. The molecule has 0 aliphatic rings. The van der Waals surface area contributed by atoms with Crippen molar-refractivity contribution in [3.63, 3.8) is 0 Å². The maximum atomic E-state index is 11.5. The smallest absolute Gasteiger partial charge is 0.317 e. The molecule has 0 heterocycles. The minimum Gasteiger partial charge on any atom is -0.481 e. The van der Waals surface area contributed by atoms with E-state index < -0.39 is 11.6 Å². The predicted molar refractivity (Wildman–Crippen MR) is 63.8 cm³/mol. The molecular weight excluding hydrogens is 224 g/mol. The first-order valence-electron chi connectivity index (χ1n) is 5.65. The Balaban J connectivity index is 3.68. The third-order valence-corrected chi connectivity index (χ3v) is 2.06. The van der Waals surface area contributed by atoms with Gasteiger partial charge in [-0.1, -0.05) is 0 Å². The van der Waals surface area contributed by atoms with Crippen LogP contribution in [0.15, 0.2) is 0 Å². The Labute approximate surface area is 102 Å². The van der Waals surface area contributed by atoms with Crippen LogP contribution in [0.3, 0.4) is 0 Å². The molecule has 0 aliphatic heterocycles. The Morgan fingerprint density at radius 1 is 1.29 bits per heavy atom. The molecule has 0 spiro atoms. The maximum absolute atomic E-state index is 11.5. The zero-order chi connectivity index (χ0) is 13.5. The van der Waals surface area contributed by atoms with Gasteiger partial charge in [-0.25, -0.2) is 4.79 Å². The van der Waals surface area contributed by atoms with E-state index in [2.05, 4.69) is 5.32 Å². The molecule has 100 valence electrons. The third-order valence-electron chi connectivity index (χ3n) is 2.06. The second-order valence-corrected chi connectivity index (χ2v) is 4.75. The molecule has 0 bridgehead atoms. The van der Waals surface area contributed by atoms with Crippen LogP contribution in [0.4, 0.5) is 4.79 Å². The number of nitrogens with one attached hydrogen (secondary N) is 1. The number of hydrogen-bond acceptors (Lipinski definition) is 3. The maximum Gasteiger partial charge on any atom is 0.317 e. The molecule has 0 aromatic heterocycles. The lowest BCUT2D eigenvalue weighted by Gasteiger charge is -2.25. The molecule has 17 heavy (non-hydrogen) atoms. The van der Waals surface area contributed by atoms with Gasteiger partial charge in [-0.15, -0.1) is 0 Å². The van der Waals surface area contributed by atoms with E-state index in [1.165, 1.54) is 4.90 Å². The Kier molecular flexibility index (Phi) is 6.57. The van der Waals surface area contributed by atoms with Crippen LogP contribution in [0.1, 0.15) is 33.1 Å². The number of likely N-dealkylation sites (N-methyl/N-ethyl adjacent to an activating group) is 1.